The van der Waals surface area contributed by atoms with Crippen molar-refractivity contribution < 1.29 is 19.4 Å². The number of carboxylic acids is 1. The van der Waals surface area contributed by atoms with Crippen molar-refractivity contribution in [1.29, 1.82) is 0 Å². The van der Waals surface area contributed by atoms with Gasteiger partial charge in [-0.25, -0.2) is 0 Å². The molecule has 11 heavy (non-hydrogen) atoms. The molecule has 5 heteroatoms. The molecular formula is C6H9NO4. The summed E-state index contributed by atoms with van der Waals surface area (Å²) in [6, 6.07) is 0. The topological polar surface area (TPSA) is 89.6 Å². The molecule has 62 valence electrons. The summed E-state index contributed by atoms with van der Waals surface area (Å²) < 4.78 is 4.64. The molecule has 0 bridgehead atoms. The van der Waals surface area contributed by atoms with E-state index in [1.165, 1.54) is 0 Å². The van der Waals surface area contributed by atoms with Gasteiger partial charge in [0.05, 0.1) is 12.5 Å². The summed E-state index contributed by atoms with van der Waals surface area (Å²) in [5, 5.41) is 8.39. The fourth-order valence-electron chi connectivity index (χ4n) is 0.779. The van der Waals surface area contributed by atoms with Gasteiger partial charge in [-0.05, 0) is 0 Å². The number of carbonyl (C=O) groups is 2. The molecule has 1 saturated carbocycles. The lowest BCUT2D eigenvalue weighted by molar-refractivity contribution is -0.146. The first-order valence-corrected chi connectivity index (χ1v) is 3.27. The Bertz CT molecular complexity index is 191. The lowest BCUT2D eigenvalue weighted by Crippen LogP contribution is -2.19. The number of rotatable bonds is 3. The highest BCUT2D eigenvalue weighted by molar-refractivity contribution is 5.76. The van der Waals surface area contributed by atoms with Crippen molar-refractivity contribution in [3.8, 4) is 0 Å². The molecule has 0 spiro atoms. The molecule has 5 nitrogen and oxygen atoms in total. The molecule has 3 N–H and O–H groups in total. The van der Waals surface area contributed by atoms with E-state index in [1.54, 1.807) is 0 Å². The van der Waals surface area contributed by atoms with E-state index < -0.39 is 24.0 Å². The van der Waals surface area contributed by atoms with Gasteiger partial charge in [0.1, 0.15) is 6.10 Å². The van der Waals surface area contributed by atoms with Gasteiger partial charge in [-0.2, -0.15) is 0 Å². The van der Waals surface area contributed by atoms with E-state index in [9.17, 15) is 9.59 Å². The fourth-order valence-corrected chi connectivity index (χ4v) is 0.779. The van der Waals surface area contributed by atoms with Crippen LogP contribution in [0.2, 0.25) is 0 Å². The van der Waals surface area contributed by atoms with Gasteiger partial charge in [0, 0.05) is 6.42 Å². The maximum Gasteiger partial charge on any atom is 0.319 e. The second-order valence-electron chi connectivity index (χ2n) is 2.41. The molecule has 2 unspecified atom stereocenters. The monoisotopic (exact) mass is 159 g/mol. The molecule has 2 atom stereocenters. The number of ether oxygens (including phenoxy) is 1. The Balaban J connectivity index is 2.23. The van der Waals surface area contributed by atoms with Crippen molar-refractivity contribution in [3.63, 3.8) is 0 Å². The van der Waals surface area contributed by atoms with Crippen molar-refractivity contribution in [1.82, 2.24) is 0 Å². The summed E-state index contributed by atoms with van der Waals surface area (Å²) in [6.45, 7) is -0.192. The number of esters is 1. The molecule has 0 aromatic carbocycles. The quantitative estimate of drug-likeness (QED) is 0.513. The van der Waals surface area contributed by atoms with Crippen LogP contribution >= 0.6 is 0 Å². The number of carboxylic acid groups (broad SMARTS) is 1. The molecule has 0 aromatic rings. The van der Waals surface area contributed by atoms with Crippen molar-refractivity contribution in [3.05, 3.63) is 0 Å². The SMILES string of the molecule is NCC(=O)OC1CC1C(=O)O. The third-order valence-electron chi connectivity index (χ3n) is 1.50. The van der Waals surface area contributed by atoms with Crippen LogP contribution in [0.1, 0.15) is 6.42 Å². The number of hydrogen-bond donors (Lipinski definition) is 2. The van der Waals surface area contributed by atoms with Gasteiger partial charge in [0.2, 0.25) is 0 Å². The minimum Gasteiger partial charge on any atom is -0.481 e. The first-order chi connectivity index (χ1) is 5.15. The van der Waals surface area contributed by atoms with Crippen molar-refractivity contribution in [2.24, 2.45) is 11.7 Å². The van der Waals surface area contributed by atoms with E-state index in [0.29, 0.717) is 6.42 Å². The Hall–Kier alpha value is -1.10. The van der Waals surface area contributed by atoms with Crippen LogP contribution in [-0.4, -0.2) is 29.7 Å². The summed E-state index contributed by atoms with van der Waals surface area (Å²) in [4.78, 5) is 20.7. The Morgan fingerprint density at radius 1 is 1.64 bits per heavy atom. The Morgan fingerprint density at radius 2 is 2.27 bits per heavy atom. The van der Waals surface area contributed by atoms with Crippen LogP contribution in [0.25, 0.3) is 0 Å². The zero-order valence-electron chi connectivity index (χ0n) is 5.82. The van der Waals surface area contributed by atoms with Crippen LogP contribution in [-0.2, 0) is 14.3 Å². The molecule has 0 aliphatic heterocycles. The lowest BCUT2D eigenvalue weighted by Gasteiger charge is -1.98. The summed E-state index contributed by atoms with van der Waals surface area (Å²) >= 11 is 0. The number of nitrogens with two attached hydrogens (primary N) is 1. The maximum absolute atomic E-state index is 10.5. The predicted octanol–water partition coefficient (Wildman–Crippen LogP) is -1.04. The van der Waals surface area contributed by atoms with E-state index >= 15 is 0 Å². The summed E-state index contributed by atoms with van der Waals surface area (Å²) in [5.41, 5.74) is 4.95. The van der Waals surface area contributed by atoms with E-state index in [2.05, 4.69) is 4.74 Å². The molecule has 1 fully saturated rings. The lowest BCUT2D eigenvalue weighted by atomic mass is 10.4. The molecule has 1 aliphatic carbocycles. The number of carbonyl (C=O) groups excluding carboxylic acids is 1. The van der Waals surface area contributed by atoms with E-state index in [1.807, 2.05) is 0 Å². The van der Waals surface area contributed by atoms with Gasteiger partial charge in [-0.15, -0.1) is 0 Å². The number of hydrogen-bond acceptors (Lipinski definition) is 4. The first kappa shape index (κ1) is 8.00. The third-order valence-corrected chi connectivity index (χ3v) is 1.50. The Labute approximate surface area is 63.1 Å². The van der Waals surface area contributed by atoms with Crippen molar-refractivity contribution >= 4 is 11.9 Å². The molecule has 0 amide bonds. The predicted molar refractivity (Wildman–Crippen MR) is 34.7 cm³/mol. The summed E-state index contributed by atoms with van der Waals surface area (Å²) in [6.07, 6.45) is -0.0234. The highest BCUT2D eigenvalue weighted by atomic mass is 16.6. The van der Waals surface area contributed by atoms with Gasteiger partial charge in [0.15, 0.2) is 0 Å². The van der Waals surface area contributed by atoms with E-state index in [-0.39, 0.29) is 6.54 Å². The second-order valence-corrected chi connectivity index (χ2v) is 2.41. The standard InChI is InChI=1S/C6H9NO4/c7-2-5(8)11-4-1-3(4)6(9)10/h3-4H,1-2,7H2,(H,9,10). The van der Waals surface area contributed by atoms with Crippen LogP contribution in [0.3, 0.4) is 0 Å². The highest BCUT2D eigenvalue weighted by Crippen LogP contribution is 2.33. The van der Waals surface area contributed by atoms with Gasteiger partial charge >= 0.3 is 11.9 Å². The smallest absolute Gasteiger partial charge is 0.319 e. The average Bonchev–Trinajstić information content (AvgIpc) is 2.67. The van der Waals surface area contributed by atoms with E-state index in [4.69, 9.17) is 10.8 Å². The third kappa shape index (κ3) is 1.91. The zero-order valence-corrected chi connectivity index (χ0v) is 5.82. The molecule has 1 rings (SSSR count). The first-order valence-electron chi connectivity index (χ1n) is 3.27. The summed E-state index contributed by atoms with van der Waals surface area (Å²) in [5.74, 6) is -1.97. The van der Waals surface area contributed by atoms with Crippen LogP contribution < -0.4 is 5.73 Å². The van der Waals surface area contributed by atoms with Crippen molar-refractivity contribution in [2.45, 2.75) is 12.5 Å². The molecule has 1 aliphatic rings. The van der Waals surface area contributed by atoms with E-state index in [0.717, 1.165) is 0 Å². The van der Waals surface area contributed by atoms with Gasteiger partial charge < -0.3 is 15.6 Å². The average molecular weight is 159 g/mol. The molecular weight excluding hydrogens is 150 g/mol. The fraction of sp³-hybridized carbons (Fsp3) is 0.667. The Kier molecular flexibility index (Phi) is 2.09. The zero-order chi connectivity index (χ0) is 8.43. The van der Waals surface area contributed by atoms with Gasteiger partial charge in [-0.1, -0.05) is 0 Å². The maximum atomic E-state index is 10.5. The minimum absolute atomic E-state index is 0.192. The normalized spacial score (nSPS) is 27.7. The van der Waals surface area contributed by atoms with Crippen LogP contribution in [0.15, 0.2) is 0 Å². The second kappa shape index (κ2) is 2.87. The molecule has 0 heterocycles. The van der Waals surface area contributed by atoms with Crippen LogP contribution in [0.5, 0.6) is 0 Å². The van der Waals surface area contributed by atoms with Gasteiger partial charge in [0.25, 0.3) is 0 Å². The molecule has 0 saturated heterocycles. The summed E-state index contributed by atoms with van der Waals surface area (Å²) in [7, 11) is 0. The van der Waals surface area contributed by atoms with Gasteiger partial charge in [-0.3, -0.25) is 9.59 Å². The number of aliphatic carboxylic acids is 1. The van der Waals surface area contributed by atoms with Crippen LogP contribution in [0, 0.1) is 5.92 Å². The largest absolute Gasteiger partial charge is 0.481 e. The van der Waals surface area contributed by atoms with Crippen molar-refractivity contribution in [2.75, 3.05) is 6.54 Å². The highest BCUT2D eigenvalue weighted by Gasteiger charge is 2.46. The molecule has 0 aromatic heterocycles. The molecule has 0 radical (unpaired) electrons. The Morgan fingerprint density at radius 3 is 2.64 bits per heavy atom. The van der Waals surface area contributed by atoms with Crippen LogP contribution in [0.4, 0.5) is 0 Å². The minimum atomic E-state index is -0.917.